The lowest BCUT2D eigenvalue weighted by Crippen LogP contribution is -2.23. The molecule has 0 saturated carbocycles. The van der Waals surface area contributed by atoms with Crippen molar-refractivity contribution in [3.05, 3.63) is 22.3 Å². The monoisotopic (exact) mass is 312 g/mol. The molecule has 98 valence electrons. The lowest BCUT2D eigenvalue weighted by atomic mass is 10.0. The van der Waals surface area contributed by atoms with E-state index in [0.29, 0.717) is 16.2 Å². The molecule has 0 spiro atoms. The number of halogens is 1. The molecule has 1 saturated heterocycles. The fraction of sp³-hybridized carbons (Fsp3) is 0.538. The van der Waals surface area contributed by atoms with Crippen LogP contribution in [-0.4, -0.2) is 29.1 Å². The summed E-state index contributed by atoms with van der Waals surface area (Å²) in [6.45, 7) is 4.01. The summed E-state index contributed by atoms with van der Waals surface area (Å²) in [5.74, 6) is 0.351. The third-order valence-corrected chi connectivity index (χ3v) is 3.78. The van der Waals surface area contributed by atoms with Crippen LogP contribution in [0, 0.1) is 5.92 Å². The van der Waals surface area contributed by atoms with E-state index in [1.54, 1.807) is 12.3 Å². The lowest BCUT2D eigenvalue weighted by Gasteiger charge is -2.19. The molecule has 1 fully saturated rings. The summed E-state index contributed by atoms with van der Waals surface area (Å²) in [5.41, 5.74) is 0.279. The van der Waals surface area contributed by atoms with Crippen LogP contribution in [0.5, 0.6) is 0 Å². The van der Waals surface area contributed by atoms with Gasteiger partial charge in [-0.25, -0.2) is 9.78 Å². The van der Waals surface area contributed by atoms with Gasteiger partial charge in [0, 0.05) is 23.8 Å². The molecule has 18 heavy (non-hydrogen) atoms. The molecule has 1 aliphatic heterocycles. The first-order valence-corrected chi connectivity index (χ1v) is 7.05. The van der Waals surface area contributed by atoms with Gasteiger partial charge in [-0.3, -0.25) is 0 Å². The maximum Gasteiger partial charge on any atom is 0.339 e. The number of anilines is 1. The first-order valence-electron chi connectivity index (χ1n) is 6.25. The molecule has 0 aliphatic carbocycles. The van der Waals surface area contributed by atoms with Gasteiger partial charge in [-0.1, -0.05) is 13.3 Å². The Morgan fingerprint density at radius 2 is 2.44 bits per heavy atom. The molecule has 1 atom stereocenters. The van der Waals surface area contributed by atoms with Gasteiger partial charge >= 0.3 is 5.97 Å². The van der Waals surface area contributed by atoms with E-state index in [9.17, 15) is 9.90 Å². The van der Waals surface area contributed by atoms with Gasteiger partial charge in [-0.05, 0) is 40.8 Å². The summed E-state index contributed by atoms with van der Waals surface area (Å²) >= 11 is 3.27. The quantitative estimate of drug-likeness (QED) is 0.927. The minimum absolute atomic E-state index is 0.279. The maximum absolute atomic E-state index is 11.3. The molecule has 5 heteroatoms. The van der Waals surface area contributed by atoms with Crippen LogP contribution >= 0.6 is 15.9 Å². The van der Waals surface area contributed by atoms with E-state index in [2.05, 4.69) is 32.7 Å². The standard InChI is InChI=1S/C13H17BrN2O2/c1-2-3-9-4-5-16(8-9)12-11(13(17)18)6-10(14)7-15-12/h6-7,9H,2-5,8H2,1H3,(H,17,18). The molecule has 1 aliphatic rings. The smallest absolute Gasteiger partial charge is 0.339 e. The molecule has 0 bridgehead atoms. The zero-order valence-electron chi connectivity index (χ0n) is 10.4. The van der Waals surface area contributed by atoms with E-state index in [0.717, 1.165) is 19.5 Å². The second-order valence-corrected chi connectivity index (χ2v) is 5.63. The van der Waals surface area contributed by atoms with Crippen molar-refractivity contribution < 1.29 is 9.90 Å². The molecule has 1 unspecified atom stereocenters. The first-order chi connectivity index (χ1) is 8.61. The van der Waals surface area contributed by atoms with Gasteiger partial charge in [0.1, 0.15) is 11.4 Å². The third-order valence-electron chi connectivity index (χ3n) is 3.35. The number of carboxylic acid groups (broad SMARTS) is 1. The lowest BCUT2D eigenvalue weighted by molar-refractivity contribution is 0.0697. The van der Waals surface area contributed by atoms with Crippen LogP contribution in [0.1, 0.15) is 36.5 Å². The van der Waals surface area contributed by atoms with Gasteiger partial charge < -0.3 is 10.0 Å². The molecule has 1 aromatic heterocycles. The van der Waals surface area contributed by atoms with Crippen LogP contribution in [-0.2, 0) is 0 Å². The van der Waals surface area contributed by atoms with Crippen molar-refractivity contribution in [1.82, 2.24) is 4.98 Å². The van der Waals surface area contributed by atoms with Crippen LogP contribution in [0.2, 0.25) is 0 Å². The summed E-state index contributed by atoms with van der Waals surface area (Å²) in [5, 5.41) is 9.23. The highest BCUT2D eigenvalue weighted by atomic mass is 79.9. The molecule has 0 aromatic carbocycles. The number of pyridine rings is 1. The molecule has 2 heterocycles. The van der Waals surface area contributed by atoms with Gasteiger partial charge in [0.2, 0.25) is 0 Å². The Bertz CT molecular complexity index is 451. The Kier molecular flexibility index (Phi) is 4.22. The van der Waals surface area contributed by atoms with Gasteiger partial charge in [-0.2, -0.15) is 0 Å². The number of carbonyl (C=O) groups is 1. The number of aromatic nitrogens is 1. The number of carboxylic acids is 1. The molecular formula is C13H17BrN2O2. The predicted octanol–water partition coefficient (Wildman–Crippen LogP) is 3.17. The topological polar surface area (TPSA) is 53.4 Å². The van der Waals surface area contributed by atoms with Crippen LogP contribution in [0.3, 0.4) is 0 Å². The summed E-state index contributed by atoms with van der Waals surface area (Å²) < 4.78 is 0.702. The van der Waals surface area contributed by atoms with Crippen molar-refractivity contribution in [2.75, 3.05) is 18.0 Å². The zero-order chi connectivity index (χ0) is 13.1. The highest BCUT2D eigenvalue weighted by Gasteiger charge is 2.26. The van der Waals surface area contributed by atoms with E-state index in [1.165, 1.54) is 12.8 Å². The number of nitrogens with zero attached hydrogens (tertiary/aromatic N) is 2. The third kappa shape index (κ3) is 2.83. The van der Waals surface area contributed by atoms with Crippen molar-refractivity contribution >= 4 is 27.7 Å². The van der Waals surface area contributed by atoms with Crippen LogP contribution in [0.15, 0.2) is 16.7 Å². The maximum atomic E-state index is 11.3. The Labute approximate surface area is 115 Å². The molecule has 1 aromatic rings. The Morgan fingerprint density at radius 1 is 1.67 bits per heavy atom. The zero-order valence-corrected chi connectivity index (χ0v) is 12.0. The Morgan fingerprint density at radius 3 is 3.11 bits per heavy atom. The minimum atomic E-state index is -0.919. The summed E-state index contributed by atoms with van der Waals surface area (Å²) in [6, 6.07) is 1.62. The molecule has 1 N–H and O–H groups in total. The highest BCUT2D eigenvalue weighted by Crippen LogP contribution is 2.28. The number of aromatic carboxylic acids is 1. The normalized spacial score (nSPS) is 19.2. The van der Waals surface area contributed by atoms with E-state index < -0.39 is 5.97 Å². The van der Waals surface area contributed by atoms with Gasteiger partial charge in [-0.15, -0.1) is 0 Å². The average molecular weight is 313 g/mol. The molecule has 0 amide bonds. The van der Waals surface area contributed by atoms with Crippen molar-refractivity contribution in [3.63, 3.8) is 0 Å². The van der Waals surface area contributed by atoms with Crippen LogP contribution < -0.4 is 4.90 Å². The van der Waals surface area contributed by atoms with Gasteiger partial charge in [0.15, 0.2) is 0 Å². The predicted molar refractivity (Wildman–Crippen MR) is 74.1 cm³/mol. The number of hydrogen-bond acceptors (Lipinski definition) is 3. The Balaban J connectivity index is 2.21. The summed E-state index contributed by atoms with van der Waals surface area (Å²) in [6.07, 6.45) is 5.17. The van der Waals surface area contributed by atoms with Crippen LogP contribution in [0.4, 0.5) is 5.82 Å². The summed E-state index contributed by atoms with van der Waals surface area (Å²) in [4.78, 5) is 17.6. The molecule has 0 radical (unpaired) electrons. The average Bonchev–Trinajstić information content (AvgIpc) is 2.78. The first kappa shape index (κ1) is 13.3. The Hall–Kier alpha value is -1.10. The van der Waals surface area contributed by atoms with Gasteiger partial charge in [0.05, 0.1) is 0 Å². The molecular weight excluding hydrogens is 296 g/mol. The number of rotatable bonds is 4. The van der Waals surface area contributed by atoms with Gasteiger partial charge in [0.25, 0.3) is 0 Å². The van der Waals surface area contributed by atoms with Crippen LogP contribution in [0.25, 0.3) is 0 Å². The fourth-order valence-corrected chi connectivity index (χ4v) is 2.84. The number of hydrogen-bond donors (Lipinski definition) is 1. The van der Waals surface area contributed by atoms with E-state index >= 15 is 0 Å². The SMILES string of the molecule is CCCC1CCN(c2ncc(Br)cc2C(=O)O)C1. The van der Waals surface area contributed by atoms with Crippen molar-refractivity contribution in [2.24, 2.45) is 5.92 Å². The van der Waals surface area contributed by atoms with E-state index in [-0.39, 0.29) is 5.56 Å². The molecule has 4 nitrogen and oxygen atoms in total. The fourth-order valence-electron chi connectivity index (χ4n) is 2.51. The largest absolute Gasteiger partial charge is 0.478 e. The minimum Gasteiger partial charge on any atom is -0.478 e. The van der Waals surface area contributed by atoms with Crippen molar-refractivity contribution in [2.45, 2.75) is 26.2 Å². The van der Waals surface area contributed by atoms with Crippen molar-refractivity contribution in [3.8, 4) is 0 Å². The van der Waals surface area contributed by atoms with Crippen molar-refractivity contribution in [1.29, 1.82) is 0 Å². The second-order valence-electron chi connectivity index (χ2n) is 4.72. The van der Waals surface area contributed by atoms with E-state index in [4.69, 9.17) is 0 Å². The molecule has 2 rings (SSSR count). The second kappa shape index (κ2) is 5.69. The van der Waals surface area contributed by atoms with E-state index in [1.807, 2.05) is 0 Å². The summed E-state index contributed by atoms with van der Waals surface area (Å²) in [7, 11) is 0. The highest BCUT2D eigenvalue weighted by molar-refractivity contribution is 9.10.